The van der Waals surface area contributed by atoms with Crippen LogP contribution in [0.5, 0.6) is 0 Å². The molecule has 2 aromatic carbocycles. The molecule has 0 unspecified atom stereocenters. The van der Waals surface area contributed by atoms with E-state index in [1.807, 2.05) is 29.6 Å². The molecule has 0 aliphatic carbocycles. The molecule has 0 bridgehead atoms. The third-order valence-corrected chi connectivity index (χ3v) is 9.82. The number of likely N-dealkylation sites (tertiary alicyclic amines) is 1. The molecule has 2 heterocycles. The number of rotatable bonds is 11. The van der Waals surface area contributed by atoms with E-state index in [4.69, 9.17) is 0 Å². The number of hydrogen-bond donors (Lipinski definition) is 0. The maximum Gasteiger partial charge on any atom is 0.243 e. The summed E-state index contributed by atoms with van der Waals surface area (Å²) >= 11 is 1.54. The second kappa shape index (κ2) is 12.7. The van der Waals surface area contributed by atoms with E-state index in [1.165, 1.54) is 16.4 Å². The fourth-order valence-electron chi connectivity index (χ4n) is 4.70. The number of halogens is 1. The average Bonchev–Trinajstić information content (AvgIpc) is 3.61. The Hall–Kier alpha value is -2.59. The minimum atomic E-state index is -3.91. The zero-order valence-corrected chi connectivity index (χ0v) is 24.6. The molecular formula is C30H38FN3O3S2. The highest BCUT2D eigenvalue weighted by molar-refractivity contribution is 7.89. The minimum absolute atomic E-state index is 0.101. The van der Waals surface area contributed by atoms with Gasteiger partial charge in [-0.2, -0.15) is 4.31 Å². The van der Waals surface area contributed by atoms with E-state index in [0.717, 1.165) is 41.9 Å². The SMILES string of the molecule is CC(C)(C)c1ccc(S(=O)(=O)N(CCN2CCCC2)CC(=O)N(Cc2ccc(F)cc2)Cc2cccs2)cc1. The molecule has 0 N–H and O–H groups in total. The van der Waals surface area contributed by atoms with Crippen LogP contribution in [0.15, 0.2) is 70.9 Å². The summed E-state index contributed by atoms with van der Waals surface area (Å²) in [6.45, 7) is 9.31. The molecule has 4 rings (SSSR count). The standard InChI is InChI=1S/C30H38FN3O3S2/c1-30(2,3)25-10-14-28(15-11-25)39(36,37)34(19-18-32-16-4-5-17-32)23-29(35)33(22-27-7-6-20-38-27)21-24-8-12-26(31)13-9-24/h6-15,20H,4-5,16-19,21-23H2,1-3H3. The van der Waals surface area contributed by atoms with Gasteiger partial charge in [0.05, 0.1) is 18.0 Å². The van der Waals surface area contributed by atoms with Crippen molar-refractivity contribution in [2.75, 3.05) is 32.7 Å². The van der Waals surface area contributed by atoms with Crippen LogP contribution < -0.4 is 0 Å². The molecule has 210 valence electrons. The van der Waals surface area contributed by atoms with Gasteiger partial charge < -0.3 is 9.80 Å². The Morgan fingerprint density at radius 2 is 1.64 bits per heavy atom. The molecule has 0 saturated carbocycles. The molecule has 1 saturated heterocycles. The number of benzene rings is 2. The normalized spacial score (nSPS) is 14.7. The van der Waals surface area contributed by atoms with E-state index in [1.54, 1.807) is 40.5 Å². The van der Waals surface area contributed by atoms with Gasteiger partial charge in [-0.25, -0.2) is 12.8 Å². The smallest absolute Gasteiger partial charge is 0.243 e. The van der Waals surface area contributed by atoms with Crippen molar-refractivity contribution in [1.82, 2.24) is 14.1 Å². The zero-order valence-electron chi connectivity index (χ0n) is 23.0. The molecule has 1 amide bonds. The van der Waals surface area contributed by atoms with Crippen LogP contribution in [0, 0.1) is 5.82 Å². The number of carbonyl (C=O) groups excluding carboxylic acids is 1. The van der Waals surface area contributed by atoms with E-state index in [2.05, 4.69) is 25.7 Å². The Morgan fingerprint density at radius 3 is 2.23 bits per heavy atom. The molecule has 0 spiro atoms. The lowest BCUT2D eigenvalue weighted by molar-refractivity contribution is -0.132. The van der Waals surface area contributed by atoms with E-state index in [0.29, 0.717) is 13.1 Å². The monoisotopic (exact) mass is 571 g/mol. The van der Waals surface area contributed by atoms with Crippen molar-refractivity contribution in [2.45, 2.75) is 57.0 Å². The Kier molecular flexibility index (Phi) is 9.59. The summed E-state index contributed by atoms with van der Waals surface area (Å²) in [5, 5.41) is 1.95. The van der Waals surface area contributed by atoms with Crippen LogP contribution >= 0.6 is 11.3 Å². The van der Waals surface area contributed by atoms with Crippen LogP contribution in [0.2, 0.25) is 0 Å². The topological polar surface area (TPSA) is 60.9 Å². The highest BCUT2D eigenvalue weighted by atomic mass is 32.2. The second-order valence-corrected chi connectivity index (χ2v) is 14.1. The summed E-state index contributed by atoms with van der Waals surface area (Å²) in [5.41, 5.74) is 1.73. The Balaban J connectivity index is 1.58. The summed E-state index contributed by atoms with van der Waals surface area (Å²) in [6.07, 6.45) is 2.21. The molecule has 1 aliphatic rings. The number of thiophene rings is 1. The number of nitrogens with zero attached hydrogens (tertiary/aromatic N) is 3. The van der Waals surface area contributed by atoms with Crippen molar-refractivity contribution in [3.63, 3.8) is 0 Å². The van der Waals surface area contributed by atoms with Gasteiger partial charge in [0.2, 0.25) is 15.9 Å². The summed E-state index contributed by atoms with van der Waals surface area (Å²) in [5.74, 6) is -0.629. The molecule has 39 heavy (non-hydrogen) atoms. The first-order valence-corrected chi connectivity index (χ1v) is 15.7. The van der Waals surface area contributed by atoms with Gasteiger partial charge in [0.15, 0.2) is 0 Å². The van der Waals surface area contributed by atoms with E-state index in [9.17, 15) is 17.6 Å². The molecule has 9 heteroatoms. The lowest BCUT2D eigenvalue weighted by atomic mass is 9.87. The van der Waals surface area contributed by atoms with Crippen LogP contribution in [0.1, 0.15) is 49.6 Å². The summed E-state index contributed by atoms with van der Waals surface area (Å²) in [4.78, 5) is 18.8. The third-order valence-electron chi connectivity index (χ3n) is 7.10. The van der Waals surface area contributed by atoms with E-state index in [-0.39, 0.29) is 41.7 Å². The van der Waals surface area contributed by atoms with E-state index >= 15 is 0 Å². The largest absolute Gasteiger partial charge is 0.332 e. The number of carbonyl (C=O) groups is 1. The molecule has 3 aromatic rings. The number of hydrogen-bond acceptors (Lipinski definition) is 5. The Labute approximate surface area is 236 Å². The lowest BCUT2D eigenvalue weighted by Gasteiger charge is -2.28. The van der Waals surface area contributed by atoms with Gasteiger partial charge in [-0.15, -0.1) is 11.3 Å². The van der Waals surface area contributed by atoms with Crippen LogP contribution in [0.25, 0.3) is 0 Å². The van der Waals surface area contributed by atoms with Crippen molar-refractivity contribution >= 4 is 27.3 Å². The van der Waals surface area contributed by atoms with Crippen LogP contribution in [0.3, 0.4) is 0 Å². The molecule has 0 atom stereocenters. The predicted octanol–water partition coefficient (Wildman–Crippen LogP) is 5.50. The first kappa shape index (κ1) is 29.4. The van der Waals surface area contributed by atoms with Gasteiger partial charge >= 0.3 is 0 Å². The van der Waals surface area contributed by atoms with Gasteiger partial charge in [0.25, 0.3) is 0 Å². The predicted molar refractivity (Wildman–Crippen MR) is 155 cm³/mol. The molecule has 6 nitrogen and oxygen atoms in total. The maximum atomic E-state index is 13.9. The molecule has 0 radical (unpaired) electrons. The van der Waals surface area contributed by atoms with Crippen molar-refractivity contribution in [3.05, 3.63) is 87.9 Å². The lowest BCUT2D eigenvalue weighted by Crippen LogP contribution is -2.45. The van der Waals surface area contributed by atoms with Crippen molar-refractivity contribution in [3.8, 4) is 0 Å². The summed E-state index contributed by atoms with van der Waals surface area (Å²) in [7, 11) is -3.91. The maximum absolute atomic E-state index is 13.9. The fraction of sp³-hybridized carbons (Fsp3) is 0.433. The van der Waals surface area contributed by atoms with Crippen molar-refractivity contribution in [2.24, 2.45) is 0 Å². The van der Waals surface area contributed by atoms with Gasteiger partial charge in [0.1, 0.15) is 5.82 Å². The van der Waals surface area contributed by atoms with E-state index < -0.39 is 10.0 Å². The highest BCUT2D eigenvalue weighted by Gasteiger charge is 2.30. The molecule has 1 aromatic heterocycles. The van der Waals surface area contributed by atoms with Crippen LogP contribution in [0.4, 0.5) is 4.39 Å². The van der Waals surface area contributed by atoms with Crippen LogP contribution in [-0.2, 0) is 33.3 Å². The quantitative estimate of drug-likeness (QED) is 0.305. The second-order valence-electron chi connectivity index (χ2n) is 11.1. The van der Waals surface area contributed by atoms with Gasteiger partial charge in [-0.05, 0) is 78.2 Å². The number of sulfonamides is 1. The summed E-state index contributed by atoms with van der Waals surface area (Å²) < 4.78 is 42.6. The van der Waals surface area contributed by atoms with Crippen LogP contribution in [-0.4, -0.2) is 61.2 Å². The van der Waals surface area contributed by atoms with Gasteiger partial charge in [0, 0.05) is 24.5 Å². The highest BCUT2D eigenvalue weighted by Crippen LogP contribution is 2.25. The Morgan fingerprint density at radius 1 is 0.974 bits per heavy atom. The Bertz CT molecular complexity index is 1310. The first-order valence-electron chi connectivity index (χ1n) is 13.4. The fourth-order valence-corrected chi connectivity index (χ4v) is 6.80. The van der Waals surface area contributed by atoms with Crippen molar-refractivity contribution < 1.29 is 17.6 Å². The molecule has 1 aliphatic heterocycles. The van der Waals surface area contributed by atoms with Gasteiger partial charge in [-0.3, -0.25) is 4.79 Å². The average molecular weight is 572 g/mol. The van der Waals surface area contributed by atoms with Crippen molar-refractivity contribution in [1.29, 1.82) is 0 Å². The minimum Gasteiger partial charge on any atom is -0.332 e. The summed E-state index contributed by atoms with van der Waals surface area (Å²) in [6, 6.07) is 16.9. The zero-order chi connectivity index (χ0) is 28.0. The number of amides is 1. The third kappa shape index (κ3) is 7.97. The van der Waals surface area contributed by atoms with Gasteiger partial charge in [-0.1, -0.05) is 51.1 Å². The first-order chi connectivity index (χ1) is 18.5. The molecule has 1 fully saturated rings. The molecular weight excluding hydrogens is 533 g/mol.